The zero-order valence-corrected chi connectivity index (χ0v) is 12.1. The summed E-state index contributed by atoms with van der Waals surface area (Å²) in [5.41, 5.74) is 2.34. The molecule has 0 aromatic heterocycles. The summed E-state index contributed by atoms with van der Waals surface area (Å²) < 4.78 is 0. The molecular formula is C17H22N2O. The molecule has 3 heteroatoms. The van der Waals surface area contributed by atoms with Gasteiger partial charge in [0.05, 0.1) is 5.69 Å². The quantitative estimate of drug-likeness (QED) is 0.676. The van der Waals surface area contributed by atoms with Gasteiger partial charge in [0, 0.05) is 38.5 Å². The van der Waals surface area contributed by atoms with Crippen LogP contribution in [0.5, 0.6) is 0 Å². The first-order valence-electron chi connectivity index (χ1n) is 7.34. The van der Waals surface area contributed by atoms with E-state index >= 15 is 0 Å². The second kappa shape index (κ2) is 7.59. The number of benzene rings is 1. The van der Waals surface area contributed by atoms with Crippen LogP contribution in [-0.2, 0) is 4.79 Å². The Balaban J connectivity index is 2.00. The highest BCUT2D eigenvalue weighted by atomic mass is 16.1. The number of carbonyl (C=O) groups excluding carboxylic acids is 1. The number of anilines is 1. The minimum atomic E-state index is 0.000479. The summed E-state index contributed by atoms with van der Waals surface area (Å²) in [6.07, 6.45) is 4.56. The van der Waals surface area contributed by atoms with Crippen molar-refractivity contribution in [1.82, 2.24) is 5.32 Å². The first-order chi connectivity index (χ1) is 9.77. The maximum atomic E-state index is 10.8. The Kier molecular flexibility index (Phi) is 5.49. The lowest BCUT2D eigenvalue weighted by atomic mass is 10.1. The zero-order chi connectivity index (χ0) is 14.2. The van der Waals surface area contributed by atoms with Crippen molar-refractivity contribution in [3.8, 4) is 11.8 Å². The van der Waals surface area contributed by atoms with Crippen LogP contribution in [0.4, 0.5) is 5.69 Å². The van der Waals surface area contributed by atoms with Gasteiger partial charge in [-0.15, -0.1) is 0 Å². The number of piperidine rings is 1. The summed E-state index contributed by atoms with van der Waals surface area (Å²) in [4.78, 5) is 13.2. The fraction of sp³-hybridized carbons (Fsp3) is 0.471. The molecule has 1 N–H and O–H groups in total. The number of para-hydroxylation sites is 1. The van der Waals surface area contributed by atoms with E-state index in [0.717, 1.165) is 18.7 Å². The molecule has 0 aliphatic carbocycles. The molecule has 1 amide bonds. The lowest BCUT2D eigenvalue weighted by molar-refractivity contribution is -0.118. The molecule has 1 aliphatic rings. The maximum absolute atomic E-state index is 10.8. The topological polar surface area (TPSA) is 32.3 Å². The van der Waals surface area contributed by atoms with E-state index < -0.39 is 0 Å². The Labute approximate surface area is 121 Å². The SMILES string of the molecule is CC(=O)NCCC#Cc1ccccc1N1CCCCC1. The largest absolute Gasteiger partial charge is 0.371 e. The van der Waals surface area contributed by atoms with Crippen LogP contribution in [-0.4, -0.2) is 25.5 Å². The monoisotopic (exact) mass is 270 g/mol. The van der Waals surface area contributed by atoms with Gasteiger partial charge in [-0.3, -0.25) is 4.79 Å². The van der Waals surface area contributed by atoms with Crippen molar-refractivity contribution in [2.24, 2.45) is 0 Å². The fourth-order valence-electron chi connectivity index (χ4n) is 2.45. The molecule has 1 aromatic carbocycles. The summed E-state index contributed by atoms with van der Waals surface area (Å²) in [6, 6.07) is 8.34. The predicted octanol–water partition coefficient (Wildman–Crippen LogP) is 2.55. The first-order valence-corrected chi connectivity index (χ1v) is 7.34. The summed E-state index contributed by atoms with van der Waals surface area (Å²) in [5.74, 6) is 6.39. The van der Waals surface area contributed by atoms with Crippen molar-refractivity contribution in [3.05, 3.63) is 29.8 Å². The van der Waals surface area contributed by atoms with Crippen molar-refractivity contribution in [2.45, 2.75) is 32.6 Å². The van der Waals surface area contributed by atoms with Crippen LogP contribution in [0.1, 0.15) is 38.2 Å². The molecule has 0 atom stereocenters. The van der Waals surface area contributed by atoms with Gasteiger partial charge in [-0.2, -0.15) is 0 Å². The molecule has 0 radical (unpaired) electrons. The molecule has 1 heterocycles. The minimum absolute atomic E-state index is 0.000479. The molecule has 0 bridgehead atoms. The van der Waals surface area contributed by atoms with Crippen LogP contribution < -0.4 is 10.2 Å². The second-order valence-electron chi connectivity index (χ2n) is 5.10. The third-order valence-electron chi connectivity index (χ3n) is 3.45. The first kappa shape index (κ1) is 14.5. The van der Waals surface area contributed by atoms with Gasteiger partial charge in [0.2, 0.25) is 5.91 Å². The van der Waals surface area contributed by atoms with Crippen molar-refractivity contribution >= 4 is 11.6 Å². The average Bonchev–Trinajstić information content (AvgIpc) is 2.48. The molecule has 0 unspecified atom stereocenters. The molecule has 2 rings (SSSR count). The Morgan fingerprint density at radius 3 is 2.75 bits per heavy atom. The fourth-order valence-corrected chi connectivity index (χ4v) is 2.45. The highest BCUT2D eigenvalue weighted by molar-refractivity contribution is 5.72. The lowest BCUT2D eigenvalue weighted by Crippen LogP contribution is -2.29. The number of hydrogen-bond donors (Lipinski definition) is 1. The number of nitrogens with one attached hydrogen (secondary N) is 1. The molecule has 106 valence electrons. The van der Waals surface area contributed by atoms with Crippen LogP contribution >= 0.6 is 0 Å². The normalized spacial score (nSPS) is 14.3. The third kappa shape index (κ3) is 4.31. The van der Waals surface area contributed by atoms with Gasteiger partial charge in [0.15, 0.2) is 0 Å². The molecule has 3 nitrogen and oxygen atoms in total. The Bertz CT molecular complexity index is 507. The highest BCUT2D eigenvalue weighted by Crippen LogP contribution is 2.23. The number of nitrogens with zero attached hydrogens (tertiary/aromatic N) is 1. The maximum Gasteiger partial charge on any atom is 0.216 e. The van der Waals surface area contributed by atoms with Crippen LogP contribution in [0, 0.1) is 11.8 Å². The molecular weight excluding hydrogens is 248 g/mol. The van der Waals surface area contributed by atoms with E-state index in [-0.39, 0.29) is 5.91 Å². The lowest BCUT2D eigenvalue weighted by Gasteiger charge is -2.29. The smallest absolute Gasteiger partial charge is 0.216 e. The van der Waals surface area contributed by atoms with Gasteiger partial charge in [0.25, 0.3) is 0 Å². The molecule has 1 fully saturated rings. The van der Waals surface area contributed by atoms with Crippen LogP contribution in [0.15, 0.2) is 24.3 Å². The third-order valence-corrected chi connectivity index (χ3v) is 3.45. The van der Waals surface area contributed by atoms with Crippen LogP contribution in [0.2, 0.25) is 0 Å². The Morgan fingerprint density at radius 1 is 1.25 bits per heavy atom. The Hall–Kier alpha value is -1.95. The van der Waals surface area contributed by atoms with E-state index in [9.17, 15) is 4.79 Å². The van der Waals surface area contributed by atoms with Crippen molar-refractivity contribution in [1.29, 1.82) is 0 Å². The zero-order valence-electron chi connectivity index (χ0n) is 12.1. The minimum Gasteiger partial charge on any atom is -0.371 e. The number of amides is 1. The van der Waals surface area contributed by atoms with Crippen LogP contribution in [0.25, 0.3) is 0 Å². The molecule has 0 saturated carbocycles. The van der Waals surface area contributed by atoms with Crippen LogP contribution in [0.3, 0.4) is 0 Å². The number of rotatable bonds is 3. The number of hydrogen-bond acceptors (Lipinski definition) is 2. The van der Waals surface area contributed by atoms with E-state index in [0.29, 0.717) is 13.0 Å². The average molecular weight is 270 g/mol. The summed E-state index contributed by atoms with van der Waals surface area (Å²) in [6.45, 7) is 4.41. The van der Waals surface area contributed by atoms with E-state index in [4.69, 9.17) is 0 Å². The van der Waals surface area contributed by atoms with Gasteiger partial charge in [-0.1, -0.05) is 24.0 Å². The predicted molar refractivity (Wildman–Crippen MR) is 82.7 cm³/mol. The van der Waals surface area contributed by atoms with Gasteiger partial charge in [-0.05, 0) is 31.4 Å². The standard InChI is InChI=1S/C17H22N2O/c1-15(20)18-12-6-5-10-16-9-3-4-11-17(16)19-13-7-2-8-14-19/h3-4,9,11H,2,6-8,12-14H2,1H3,(H,18,20). The molecule has 20 heavy (non-hydrogen) atoms. The van der Waals surface area contributed by atoms with Gasteiger partial charge in [-0.25, -0.2) is 0 Å². The van der Waals surface area contributed by atoms with Crippen molar-refractivity contribution in [2.75, 3.05) is 24.5 Å². The van der Waals surface area contributed by atoms with Crippen molar-refractivity contribution in [3.63, 3.8) is 0 Å². The summed E-state index contributed by atoms with van der Waals surface area (Å²) in [5, 5.41) is 2.76. The molecule has 1 saturated heterocycles. The van der Waals surface area contributed by atoms with E-state index in [2.05, 4.69) is 40.3 Å². The highest BCUT2D eigenvalue weighted by Gasteiger charge is 2.12. The Morgan fingerprint density at radius 2 is 2.00 bits per heavy atom. The molecule has 1 aromatic rings. The summed E-state index contributed by atoms with van der Waals surface area (Å²) in [7, 11) is 0. The summed E-state index contributed by atoms with van der Waals surface area (Å²) >= 11 is 0. The van der Waals surface area contributed by atoms with Gasteiger partial charge < -0.3 is 10.2 Å². The molecule has 1 aliphatic heterocycles. The van der Waals surface area contributed by atoms with Gasteiger partial charge >= 0.3 is 0 Å². The number of carbonyl (C=O) groups is 1. The molecule has 0 spiro atoms. The van der Waals surface area contributed by atoms with E-state index in [1.165, 1.54) is 31.9 Å². The van der Waals surface area contributed by atoms with Crippen molar-refractivity contribution < 1.29 is 4.79 Å². The van der Waals surface area contributed by atoms with E-state index in [1.807, 2.05) is 6.07 Å². The van der Waals surface area contributed by atoms with E-state index in [1.54, 1.807) is 0 Å². The second-order valence-corrected chi connectivity index (χ2v) is 5.10. The van der Waals surface area contributed by atoms with Gasteiger partial charge in [0.1, 0.15) is 0 Å².